The molecule has 3 heteroatoms. The van der Waals surface area contributed by atoms with Gasteiger partial charge >= 0.3 is 6.85 Å². The van der Waals surface area contributed by atoms with Crippen LogP contribution in [0.2, 0.25) is 6.82 Å². The van der Waals surface area contributed by atoms with Crippen molar-refractivity contribution < 1.29 is 4.57 Å². The number of fused-ring (bicyclic) bond motifs is 1. The summed E-state index contributed by atoms with van der Waals surface area (Å²) in [6.07, 6.45) is 4.41. The quantitative estimate of drug-likeness (QED) is 0.566. The van der Waals surface area contributed by atoms with Gasteiger partial charge in [0.15, 0.2) is 0 Å². The van der Waals surface area contributed by atoms with Crippen molar-refractivity contribution in [3.63, 3.8) is 0 Å². The number of nitrogens with zero attached hydrogens (tertiary/aromatic N) is 2. The molecule has 0 unspecified atom stereocenters. The number of anilines is 1. The SMILES string of the molecule is CB1c2ccccc2C=C(C)N1c1cc(C)cc[n+]1C. The molecule has 100 valence electrons. The van der Waals surface area contributed by atoms with E-state index in [1.807, 2.05) is 0 Å². The molecule has 0 saturated heterocycles. The molecular weight excluding hydrogens is 243 g/mol. The zero-order valence-corrected chi connectivity index (χ0v) is 12.6. The van der Waals surface area contributed by atoms with Gasteiger partial charge in [-0.1, -0.05) is 24.3 Å². The topological polar surface area (TPSA) is 7.12 Å². The fourth-order valence-corrected chi connectivity index (χ4v) is 3.04. The molecule has 1 aromatic heterocycles. The minimum atomic E-state index is 0.351. The molecule has 0 spiro atoms. The van der Waals surface area contributed by atoms with Crippen molar-refractivity contribution in [1.82, 2.24) is 0 Å². The van der Waals surface area contributed by atoms with Crippen LogP contribution in [0.3, 0.4) is 0 Å². The van der Waals surface area contributed by atoms with Crippen molar-refractivity contribution in [2.75, 3.05) is 4.81 Å². The van der Waals surface area contributed by atoms with Gasteiger partial charge in [-0.3, -0.25) is 4.81 Å². The molecule has 1 aromatic carbocycles. The second kappa shape index (κ2) is 4.82. The van der Waals surface area contributed by atoms with Crippen LogP contribution >= 0.6 is 0 Å². The third-order valence-corrected chi connectivity index (χ3v) is 4.10. The van der Waals surface area contributed by atoms with Gasteiger partial charge < -0.3 is 0 Å². The Hall–Kier alpha value is -2.03. The third kappa shape index (κ3) is 2.03. The molecule has 0 amide bonds. The Morgan fingerprint density at radius 1 is 1.10 bits per heavy atom. The highest BCUT2D eigenvalue weighted by atomic mass is 15.2. The second-order valence-electron chi connectivity index (χ2n) is 5.63. The van der Waals surface area contributed by atoms with Crippen LogP contribution in [0, 0.1) is 6.92 Å². The highest BCUT2D eigenvalue weighted by Gasteiger charge is 2.36. The fourth-order valence-electron chi connectivity index (χ4n) is 3.04. The molecular formula is C17H20BN2+. The van der Waals surface area contributed by atoms with E-state index in [1.165, 1.54) is 28.1 Å². The average molecular weight is 263 g/mol. The van der Waals surface area contributed by atoms with Crippen molar-refractivity contribution in [3.8, 4) is 0 Å². The van der Waals surface area contributed by atoms with Crippen LogP contribution in [0.25, 0.3) is 6.08 Å². The maximum atomic E-state index is 2.41. The second-order valence-corrected chi connectivity index (χ2v) is 5.63. The molecule has 20 heavy (non-hydrogen) atoms. The van der Waals surface area contributed by atoms with Gasteiger partial charge in [0.2, 0.25) is 0 Å². The van der Waals surface area contributed by atoms with Crippen LogP contribution in [0.1, 0.15) is 18.1 Å². The van der Waals surface area contributed by atoms with Gasteiger partial charge in [-0.15, -0.1) is 0 Å². The van der Waals surface area contributed by atoms with Crippen molar-refractivity contribution in [3.05, 3.63) is 59.4 Å². The Bertz CT molecular complexity index is 691. The van der Waals surface area contributed by atoms with E-state index in [0.717, 1.165) is 0 Å². The first-order valence-corrected chi connectivity index (χ1v) is 7.10. The number of hydrogen-bond acceptors (Lipinski definition) is 1. The maximum Gasteiger partial charge on any atom is 0.409 e. The van der Waals surface area contributed by atoms with Gasteiger partial charge in [0.1, 0.15) is 0 Å². The first-order chi connectivity index (χ1) is 9.58. The Kier molecular flexibility index (Phi) is 3.13. The standard InChI is InChI=1S/C17H20BN2/c1-13-9-10-19(4)17(11-13)20-14(2)12-15-7-5-6-8-16(15)18(20)3/h5-12H,1-4H3/q+1. The van der Waals surface area contributed by atoms with Gasteiger partial charge in [0, 0.05) is 6.07 Å². The van der Waals surface area contributed by atoms with Gasteiger partial charge in [-0.25, -0.2) is 4.57 Å². The Morgan fingerprint density at radius 2 is 1.85 bits per heavy atom. The van der Waals surface area contributed by atoms with Gasteiger partial charge in [-0.2, -0.15) is 0 Å². The summed E-state index contributed by atoms with van der Waals surface area (Å²) in [7, 11) is 2.11. The highest BCUT2D eigenvalue weighted by molar-refractivity contribution is 6.77. The lowest BCUT2D eigenvalue weighted by atomic mass is 9.53. The molecule has 2 aromatic rings. The first kappa shape index (κ1) is 13.0. The summed E-state index contributed by atoms with van der Waals surface area (Å²) < 4.78 is 2.19. The molecule has 0 N–H and O–H groups in total. The number of hydrogen-bond donors (Lipinski definition) is 0. The first-order valence-electron chi connectivity index (χ1n) is 7.10. The summed E-state index contributed by atoms with van der Waals surface area (Å²) in [5.74, 6) is 1.24. The van der Waals surface area contributed by atoms with E-state index in [2.05, 4.69) is 85.8 Å². The monoisotopic (exact) mass is 263 g/mol. The summed E-state index contributed by atoms with van der Waals surface area (Å²) in [6.45, 7) is 6.96. The number of aromatic nitrogens is 1. The lowest BCUT2D eigenvalue weighted by Crippen LogP contribution is -2.52. The molecule has 2 heterocycles. The molecule has 0 atom stereocenters. The molecule has 0 saturated carbocycles. The van der Waals surface area contributed by atoms with Crippen molar-refractivity contribution >= 4 is 24.2 Å². The Morgan fingerprint density at radius 3 is 2.65 bits per heavy atom. The molecule has 0 bridgehead atoms. The minimum absolute atomic E-state index is 0.351. The number of pyridine rings is 1. The van der Waals surface area contributed by atoms with E-state index >= 15 is 0 Å². The van der Waals surface area contributed by atoms with Crippen molar-refractivity contribution in [2.24, 2.45) is 7.05 Å². The molecule has 0 fully saturated rings. The molecule has 3 rings (SSSR count). The minimum Gasteiger partial charge on any atom is -0.290 e. The zero-order valence-electron chi connectivity index (χ0n) is 12.6. The van der Waals surface area contributed by atoms with Crippen molar-refractivity contribution in [2.45, 2.75) is 20.7 Å². The van der Waals surface area contributed by atoms with Crippen LogP contribution in [0.15, 0.2) is 48.3 Å². The molecule has 2 nitrogen and oxygen atoms in total. The predicted molar refractivity (Wildman–Crippen MR) is 86.2 cm³/mol. The summed E-state index contributed by atoms with van der Waals surface area (Å²) in [4.78, 5) is 2.41. The van der Waals surface area contributed by atoms with Crippen LogP contribution in [0.4, 0.5) is 5.82 Å². The smallest absolute Gasteiger partial charge is 0.290 e. The lowest BCUT2D eigenvalue weighted by molar-refractivity contribution is -0.658. The average Bonchev–Trinajstić information content (AvgIpc) is 2.42. The van der Waals surface area contributed by atoms with Crippen LogP contribution in [-0.4, -0.2) is 6.85 Å². The van der Waals surface area contributed by atoms with E-state index in [1.54, 1.807) is 0 Å². The molecule has 0 aliphatic carbocycles. The number of rotatable bonds is 1. The Labute approximate surface area is 121 Å². The molecule has 1 aliphatic heterocycles. The van der Waals surface area contributed by atoms with Gasteiger partial charge in [-0.05, 0) is 49.4 Å². The third-order valence-electron chi connectivity index (χ3n) is 4.10. The van der Waals surface area contributed by atoms with E-state index in [4.69, 9.17) is 0 Å². The molecule has 1 aliphatic rings. The van der Waals surface area contributed by atoms with E-state index in [0.29, 0.717) is 6.85 Å². The summed E-state index contributed by atoms with van der Waals surface area (Å²) in [5, 5.41) is 0. The number of aryl methyl sites for hydroxylation is 2. The van der Waals surface area contributed by atoms with Crippen molar-refractivity contribution in [1.29, 1.82) is 0 Å². The largest absolute Gasteiger partial charge is 0.409 e. The zero-order chi connectivity index (χ0) is 14.3. The van der Waals surface area contributed by atoms with Crippen LogP contribution < -0.4 is 14.8 Å². The number of allylic oxidation sites excluding steroid dienone is 1. The van der Waals surface area contributed by atoms with Gasteiger partial charge in [0.05, 0.1) is 18.9 Å². The summed E-state index contributed by atoms with van der Waals surface area (Å²) in [6, 6.07) is 13.1. The summed E-state index contributed by atoms with van der Waals surface area (Å²) >= 11 is 0. The lowest BCUT2D eigenvalue weighted by Gasteiger charge is -2.28. The van der Waals surface area contributed by atoms with Crippen LogP contribution in [0.5, 0.6) is 0 Å². The Balaban J connectivity index is 2.14. The van der Waals surface area contributed by atoms with E-state index in [-0.39, 0.29) is 0 Å². The normalized spacial score (nSPS) is 14.1. The van der Waals surface area contributed by atoms with Crippen LogP contribution in [-0.2, 0) is 7.05 Å². The molecule has 0 radical (unpaired) electrons. The highest BCUT2D eigenvalue weighted by Crippen LogP contribution is 2.23. The maximum absolute atomic E-state index is 2.41. The fraction of sp³-hybridized carbons (Fsp3) is 0.235. The van der Waals surface area contributed by atoms with Gasteiger partial charge in [0.25, 0.3) is 5.82 Å². The van der Waals surface area contributed by atoms with E-state index in [9.17, 15) is 0 Å². The summed E-state index contributed by atoms with van der Waals surface area (Å²) in [5.41, 5.74) is 5.30. The number of benzene rings is 1. The van der Waals surface area contributed by atoms with E-state index < -0.39 is 0 Å². The predicted octanol–water partition coefficient (Wildman–Crippen LogP) is 2.53.